The molecule has 0 aliphatic heterocycles. The molecule has 3 aromatic heterocycles. The molecule has 0 saturated carbocycles. The lowest BCUT2D eigenvalue weighted by Crippen LogP contribution is -2.39. The van der Waals surface area contributed by atoms with Crippen LogP contribution in [0.5, 0.6) is 0 Å². The topological polar surface area (TPSA) is 124 Å². The molecule has 0 fully saturated rings. The predicted molar refractivity (Wildman–Crippen MR) is 134 cm³/mol. The van der Waals surface area contributed by atoms with E-state index in [-0.39, 0.29) is 35.1 Å². The second kappa shape index (κ2) is 9.64. The second-order valence-corrected chi connectivity index (χ2v) is 9.43. The molecule has 37 heavy (non-hydrogen) atoms. The maximum atomic E-state index is 13.5. The molecule has 0 saturated heterocycles. The quantitative estimate of drug-likeness (QED) is 0.397. The Hall–Kier alpha value is -4.28. The summed E-state index contributed by atoms with van der Waals surface area (Å²) >= 11 is 0. The third-order valence-electron chi connectivity index (χ3n) is 7.16. The molecule has 1 aliphatic rings. The highest BCUT2D eigenvalue weighted by Gasteiger charge is 2.31. The summed E-state index contributed by atoms with van der Waals surface area (Å²) in [4.78, 5) is 42.2. The maximum Gasteiger partial charge on any atom is 0.419 e. The van der Waals surface area contributed by atoms with Crippen LogP contribution in [0.15, 0.2) is 57.6 Å². The van der Waals surface area contributed by atoms with Crippen molar-refractivity contribution in [2.45, 2.75) is 39.2 Å². The molecule has 10 nitrogen and oxygen atoms in total. The van der Waals surface area contributed by atoms with Crippen molar-refractivity contribution in [3.63, 3.8) is 0 Å². The van der Waals surface area contributed by atoms with Crippen LogP contribution in [-0.2, 0) is 13.6 Å². The minimum absolute atomic E-state index is 0.0721. The first kappa shape index (κ1) is 24.4. The number of nitrogens with one attached hydrogen (secondary N) is 2. The Kier molecular flexibility index (Phi) is 6.36. The minimum Gasteiger partial charge on any atom is -0.408 e. The van der Waals surface area contributed by atoms with Crippen molar-refractivity contribution in [3.05, 3.63) is 75.9 Å². The molecule has 1 aromatic carbocycles. The van der Waals surface area contributed by atoms with Crippen molar-refractivity contribution in [1.82, 2.24) is 29.8 Å². The number of allylic oxidation sites excluding steroid dienone is 2. The van der Waals surface area contributed by atoms with Crippen LogP contribution in [0, 0.1) is 5.41 Å². The largest absolute Gasteiger partial charge is 0.419 e. The average Bonchev–Trinajstić information content (AvgIpc) is 3.50. The van der Waals surface area contributed by atoms with Gasteiger partial charge in [0.25, 0.3) is 11.8 Å². The molecular weight excluding hydrogens is 479 g/mol. The molecule has 3 heterocycles. The number of hydrogen-bond donors (Lipinski definition) is 2. The summed E-state index contributed by atoms with van der Waals surface area (Å²) in [7, 11) is 1.61. The molecule has 1 unspecified atom stereocenters. The number of amides is 2. The van der Waals surface area contributed by atoms with Gasteiger partial charge in [-0.2, -0.15) is 5.10 Å². The summed E-state index contributed by atoms with van der Waals surface area (Å²) < 4.78 is 21.5. The fourth-order valence-electron chi connectivity index (χ4n) is 4.63. The Bertz CT molecular complexity index is 1600. The van der Waals surface area contributed by atoms with E-state index in [4.69, 9.17) is 4.42 Å². The van der Waals surface area contributed by atoms with E-state index in [1.165, 1.54) is 21.3 Å². The minimum atomic E-state index is -0.461. The molecule has 2 N–H and O–H groups in total. The van der Waals surface area contributed by atoms with Gasteiger partial charge >= 0.3 is 5.76 Å². The molecule has 0 bridgehead atoms. The van der Waals surface area contributed by atoms with Crippen molar-refractivity contribution in [2.24, 2.45) is 12.5 Å². The van der Waals surface area contributed by atoms with Crippen LogP contribution in [0.1, 0.15) is 59.1 Å². The highest BCUT2D eigenvalue weighted by Crippen LogP contribution is 2.38. The Balaban J connectivity index is 1.33. The highest BCUT2D eigenvalue weighted by molar-refractivity contribution is 5.98. The van der Waals surface area contributed by atoms with Gasteiger partial charge in [0.05, 0.1) is 17.5 Å². The first-order chi connectivity index (χ1) is 17.8. The van der Waals surface area contributed by atoms with Gasteiger partial charge in [0.15, 0.2) is 11.2 Å². The fraction of sp³-hybridized carbons (Fsp3) is 0.346. The number of nitrogens with zero attached hydrogens (tertiary/aromatic N) is 4. The number of benzene rings is 1. The Morgan fingerprint density at radius 1 is 1.19 bits per heavy atom. The van der Waals surface area contributed by atoms with Gasteiger partial charge in [0.1, 0.15) is 11.4 Å². The zero-order valence-corrected chi connectivity index (χ0v) is 20.6. The van der Waals surface area contributed by atoms with Gasteiger partial charge in [-0.05, 0) is 48.8 Å². The zero-order chi connectivity index (χ0) is 26.2. The van der Waals surface area contributed by atoms with E-state index in [1.54, 1.807) is 37.4 Å². The van der Waals surface area contributed by atoms with E-state index in [9.17, 15) is 18.8 Å². The van der Waals surface area contributed by atoms with Crippen LogP contribution in [0.4, 0.5) is 4.39 Å². The van der Waals surface area contributed by atoms with Crippen molar-refractivity contribution in [3.8, 4) is 0 Å². The molecule has 0 radical (unpaired) electrons. The number of oxazole rings is 1. The van der Waals surface area contributed by atoms with Crippen LogP contribution < -0.4 is 16.4 Å². The molecule has 5 rings (SSSR count). The highest BCUT2D eigenvalue weighted by atomic mass is 19.1. The number of carbonyl (C=O) groups excluding carboxylic acids is 2. The third kappa shape index (κ3) is 4.76. The Morgan fingerprint density at radius 2 is 2.03 bits per heavy atom. The van der Waals surface area contributed by atoms with Gasteiger partial charge in [-0.3, -0.25) is 14.2 Å². The molecule has 2 amide bonds. The van der Waals surface area contributed by atoms with Crippen LogP contribution in [-0.4, -0.2) is 37.5 Å². The number of halogens is 1. The lowest BCUT2D eigenvalue weighted by Gasteiger charge is -2.34. The molecular formula is C26H27FN6O4. The number of aryl methyl sites for hydroxylation is 1. The lowest BCUT2D eigenvalue weighted by atomic mass is 9.74. The van der Waals surface area contributed by atoms with Gasteiger partial charge in [0.2, 0.25) is 0 Å². The third-order valence-corrected chi connectivity index (χ3v) is 7.16. The summed E-state index contributed by atoms with van der Waals surface area (Å²) in [5.41, 5.74) is 2.26. The number of fused-ring (bicyclic) bond motifs is 2. The van der Waals surface area contributed by atoms with E-state index in [2.05, 4.69) is 20.7 Å². The first-order valence-electron chi connectivity index (χ1n) is 12.1. The fourth-order valence-corrected chi connectivity index (χ4v) is 4.63. The Labute approximate surface area is 211 Å². The molecule has 11 heteroatoms. The normalized spacial score (nSPS) is 17.6. The van der Waals surface area contributed by atoms with Crippen LogP contribution >= 0.6 is 0 Å². The number of hydrogen-bond acceptors (Lipinski definition) is 6. The molecule has 0 spiro atoms. The first-order valence-corrected chi connectivity index (χ1v) is 12.1. The van der Waals surface area contributed by atoms with E-state index in [0.29, 0.717) is 42.6 Å². The van der Waals surface area contributed by atoms with E-state index >= 15 is 0 Å². The van der Waals surface area contributed by atoms with Gasteiger partial charge in [0, 0.05) is 32.3 Å². The summed E-state index contributed by atoms with van der Waals surface area (Å²) in [5, 5.41) is 9.95. The second-order valence-electron chi connectivity index (χ2n) is 9.43. The predicted octanol–water partition coefficient (Wildman–Crippen LogP) is 3.27. The van der Waals surface area contributed by atoms with Gasteiger partial charge in [-0.15, -0.1) is 0 Å². The molecule has 4 aromatic rings. The Morgan fingerprint density at radius 3 is 2.78 bits per heavy atom. The average molecular weight is 507 g/mol. The van der Waals surface area contributed by atoms with Crippen LogP contribution in [0.25, 0.3) is 16.7 Å². The van der Waals surface area contributed by atoms with Crippen molar-refractivity contribution in [2.75, 3.05) is 6.54 Å². The van der Waals surface area contributed by atoms with E-state index in [1.807, 2.05) is 6.92 Å². The monoisotopic (exact) mass is 506 g/mol. The van der Waals surface area contributed by atoms with Crippen LogP contribution in [0.3, 0.4) is 0 Å². The lowest BCUT2D eigenvalue weighted by molar-refractivity contribution is 0.0913. The van der Waals surface area contributed by atoms with Crippen molar-refractivity contribution in [1.29, 1.82) is 0 Å². The van der Waals surface area contributed by atoms with Gasteiger partial charge in [-0.1, -0.05) is 19.1 Å². The van der Waals surface area contributed by atoms with Crippen molar-refractivity contribution >= 4 is 28.6 Å². The maximum absolute atomic E-state index is 13.5. The van der Waals surface area contributed by atoms with Crippen LogP contribution in [0.2, 0.25) is 0 Å². The molecule has 1 aliphatic carbocycles. The van der Waals surface area contributed by atoms with Crippen molar-refractivity contribution < 1.29 is 18.4 Å². The molecule has 1 atom stereocenters. The molecule has 192 valence electrons. The number of rotatable bonds is 7. The zero-order valence-electron chi connectivity index (χ0n) is 20.6. The van der Waals surface area contributed by atoms with E-state index in [0.717, 1.165) is 12.0 Å². The van der Waals surface area contributed by atoms with Gasteiger partial charge < -0.3 is 15.1 Å². The smallest absolute Gasteiger partial charge is 0.408 e. The van der Waals surface area contributed by atoms with Gasteiger partial charge in [-0.25, -0.2) is 18.7 Å². The summed E-state index contributed by atoms with van der Waals surface area (Å²) in [6.07, 6.45) is 5.51. The summed E-state index contributed by atoms with van der Waals surface area (Å²) in [5.74, 6) is -1.42. The SMILES string of the molecule is CCC1(CNC(=O)c2cc(C(=O)NCc3ccc4oc(=O)n(C)c4c3)nc3ccnn23)CC=C(F)CC1. The number of carbonyl (C=O) groups is 2. The summed E-state index contributed by atoms with van der Waals surface area (Å²) in [6, 6.07) is 8.23. The standard InChI is InChI=1S/C26H27FN6O4/c1-3-26(9-6-17(27)7-10-26)15-29-24(35)20-13-18(31-22-8-11-30-33(20)22)23(34)28-14-16-4-5-21-19(12-16)32(2)25(36)37-21/h4-6,8,11-13H,3,7,9-10,14-15H2,1-2H3,(H,28,34)(H,29,35). The van der Waals surface area contributed by atoms with E-state index < -0.39 is 11.7 Å². The summed E-state index contributed by atoms with van der Waals surface area (Å²) in [6.45, 7) is 2.61. The number of aromatic nitrogens is 4.